The van der Waals surface area contributed by atoms with E-state index in [1.807, 2.05) is 0 Å². The summed E-state index contributed by atoms with van der Waals surface area (Å²) in [5.74, 6) is 0. The van der Waals surface area contributed by atoms with Crippen LogP contribution >= 0.6 is 0 Å². The molecule has 0 heterocycles. The molecular weight excluding hydrogens is 196 g/mol. The fourth-order valence-corrected chi connectivity index (χ4v) is 1.37. The minimum Gasteiger partial charge on any atom is -0.385 e. The summed E-state index contributed by atoms with van der Waals surface area (Å²) in [5.41, 5.74) is 16.0. The van der Waals surface area contributed by atoms with Gasteiger partial charge in [0.2, 0.25) is 0 Å². The summed E-state index contributed by atoms with van der Waals surface area (Å²) in [4.78, 5) is 5.23. The molecule has 0 aromatic carbocycles. The monoisotopic (exact) mass is 206 g/mol. The number of allylic oxidation sites excluding steroid dienone is 2. The Morgan fingerprint density at radius 3 is 2.80 bits per heavy atom. The van der Waals surface area contributed by atoms with Crippen LogP contribution in [0.5, 0.6) is 0 Å². The molecule has 0 radical (unpaired) electrons. The summed E-state index contributed by atoms with van der Waals surface area (Å²) >= 11 is 0. The molecule has 1 aliphatic carbocycles. The van der Waals surface area contributed by atoms with Crippen molar-refractivity contribution in [3.63, 3.8) is 0 Å². The molecule has 1 rings (SSSR count). The minimum atomic E-state index is -1.15. The average molecular weight is 206 g/mol. The molecule has 0 aliphatic heterocycles. The van der Waals surface area contributed by atoms with E-state index in [1.165, 1.54) is 0 Å². The van der Waals surface area contributed by atoms with Gasteiger partial charge in [-0.05, 0) is 11.1 Å². The summed E-state index contributed by atoms with van der Waals surface area (Å²) in [6.45, 7) is 0.201. The molecule has 78 valence electrons. The standard InChI is InChI=1S/C8H10N6O/c9-13-11-5-7-2-1-3-8(15,4-7)6-12-14-10/h1-3,15H,4-6H2. The van der Waals surface area contributed by atoms with Crippen LogP contribution in [-0.2, 0) is 0 Å². The Hall–Kier alpha value is -1.94. The van der Waals surface area contributed by atoms with E-state index in [-0.39, 0.29) is 13.1 Å². The topological polar surface area (TPSA) is 118 Å². The van der Waals surface area contributed by atoms with Gasteiger partial charge in [-0.3, -0.25) is 0 Å². The highest BCUT2D eigenvalue weighted by Gasteiger charge is 2.25. The maximum Gasteiger partial charge on any atom is 0.0924 e. The largest absolute Gasteiger partial charge is 0.385 e. The van der Waals surface area contributed by atoms with Crippen LogP contribution in [0.1, 0.15) is 6.42 Å². The van der Waals surface area contributed by atoms with Crippen molar-refractivity contribution in [3.8, 4) is 0 Å². The van der Waals surface area contributed by atoms with E-state index in [0.29, 0.717) is 6.42 Å². The van der Waals surface area contributed by atoms with Gasteiger partial charge in [-0.2, -0.15) is 0 Å². The molecular formula is C8H10N6O. The molecule has 0 aromatic heterocycles. The van der Waals surface area contributed by atoms with Gasteiger partial charge in [0.1, 0.15) is 0 Å². The lowest BCUT2D eigenvalue weighted by molar-refractivity contribution is 0.0987. The molecule has 1 unspecified atom stereocenters. The van der Waals surface area contributed by atoms with E-state index < -0.39 is 5.60 Å². The second-order valence-corrected chi connectivity index (χ2v) is 3.24. The van der Waals surface area contributed by atoms with Crippen molar-refractivity contribution in [2.75, 3.05) is 13.1 Å². The lowest BCUT2D eigenvalue weighted by Gasteiger charge is -2.25. The Morgan fingerprint density at radius 2 is 2.13 bits per heavy atom. The first-order valence-electron chi connectivity index (χ1n) is 4.31. The third-order valence-corrected chi connectivity index (χ3v) is 2.02. The molecule has 7 heteroatoms. The van der Waals surface area contributed by atoms with Crippen molar-refractivity contribution in [2.24, 2.45) is 10.2 Å². The van der Waals surface area contributed by atoms with Gasteiger partial charge >= 0.3 is 0 Å². The first-order valence-corrected chi connectivity index (χ1v) is 4.31. The maximum atomic E-state index is 9.94. The normalized spacial score (nSPS) is 23.7. The summed E-state index contributed by atoms with van der Waals surface area (Å²) in [7, 11) is 0. The van der Waals surface area contributed by atoms with Crippen molar-refractivity contribution < 1.29 is 5.11 Å². The van der Waals surface area contributed by atoms with Gasteiger partial charge in [0, 0.05) is 22.8 Å². The van der Waals surface area contributed by atoms with Gasteiger partial charge in [-0.15, -0.1) is 0 Å². The highest BCUT2D eigenvalue weighted by atomic mass is 16.3. The van der Waals surface area contributed by atoms with E-state index in [4.69, 9.17) is 11.1 Å². The molecule has 0 amide bonds. The molecule has 0 saturated carbocycles. The Bertz CT molecular complexity index is 388. The second kappa shape index (κ2) is 5.07. The SMILES string of the molecule is [N-]=[N+]=NCC1=CC=CC(O)(CN=[N+]=[N-])C1. The van der Waals surface area contributed by atoms with Crippen LogP contribution < -0.4 is 0 Å². The molecule has 7 nitrogen and oxygen atoms in total. The van der Waals surface area contributed by atoms with E-state index in [9.17, 15) is 5.11 Å². The number of aliphatic hydroxyl groups is 1. The van der Waals surface area contributed by atoms with Gasteiger partial charge in [0.25, 0.3) is 0 Å². The summed E-state index contributed by atoms with van der Waals surface area (Å²) in [6, 6.07) is 0. The van der Waals surface area contributed by atoms with Crippen molar-refractivity contribution in [1.82, 2.24) is 0 Å². The van der Waals surface area contributed by atoms with Crippen molar-refractivity contribution >= 4 is 0 Å². The zero-order valence-electron chi connectivity index (χ0n) is 7.98. The third kappa shape index (κ3) is 3.36. The molecule has 0 saturated heterocycles. The fourth-order valence-electron chi connectivity index (χ4n) is 1.37. The maximum absolute atomic E-state index is 9.94. The van der Waals surface area contributed by atoms with Crippen LogP contribution in [-0.4, -0.2) is 23.8 Å². The Balaban J connectivity index is 2.68. The van der Waals surface area contributed by atoms with Crippen LogP contribution in [0.25, 0.3) is 20.9 Å². The minimum absolute atomic E-state index is 0.0202. The molecule has 0 aromatic rings. The van der Waals surface area contributed by atoms with E-state index >= 15 is 0 Å². The first kappa shape index (κ1) is 11.1. The number of nitrogens with zero attached hydrogens (tertiary/aromatic N) is 6. The van der Waals surface area contributed by atoms with Gasteiger partial charge in [0.05, 0.1) is 12.1 Å². The lowest BCUT2D eigenvalue weighted by Crippen LogP contribution is -2.31. The Labute approximate surface area is 86.0 Å². The molecule has 0 fully saturated rings. The van der Waals surface area contributed by atoms with Crippen LogP contribution in [0, 0.1) is 0 Å². The quantitative estimate of drug-likeness (QED) is 0.423. The molecule has 1 atom stereocenters. The van der Waals surface area contributed by atoms with E-state index in [0.717, 1.165) is 5.57 Å². The van der Waals surface area contributed by atoms with Crippen LogP contribution in [0.2, 0.25) is 0 Å². The summed E-state index contributed by atoms with van der Waals surface area (Å²) in [5, 5.41) is 16.7. The highest BCUT2D eigenvalue weighted by molar-refractivity contribution is 5.26. The fraction of sp³-hybridized carbons (Fsp3) is 0.500. The molecule has 0 bridgehead atoms. The molecule has 0 spiro atoms. The third-order valence-electron chi connectivity index (χ3n) is 2.02. The second-order valence-electron chi connectivity index (χ2n) is 3.24. The lowest BCUT2D eigenvalue weighted by atomic mass is 9.90. The van der Waals surface area contributed by atoms with Crippen LogP contribution in [0.15, 0.2) is 34.0 Å². The van der Waals surface area contributed by atoms with E-state index in [1.54, 1.807) is 18.2 Å². The predicted octanol–water partition coefficient (Wildman–Crippen LogP) is 2.22. The van der Waals surface area contributed by atoms with Gasteiger partial charge < -0.3 is 5.11 Å². The van der Waals surface area contributed by atoms with Gasteiger partial charge in [-0.1, -0.05) is 34.0 Å². The average Bonchev–Trinajstić information content (AvgIpc) is 2.24. The smallest absolute Gasteiger partial charge is 0.0924 e. The van der Waals surface area contributed by atoms with Crippen molar-refractivity contribution in [2.45, 2.75) is 12.0 Å². The first-order chi connectivity index (χ1) is 7.20. The van der Waals surface area contributed by atoms with E-state index in [2.05, 4.69) is 20.1 Å². The Kier molecular flexibility index (Phi) is 3.76. The van der Waals surface area contributed by atoms with Crippen LogP contribution in [0.4, 0.5) is 0 Å². The van der Waals surface area contributed by atoms with Crippen LogP contribution in [0.3, 0.4) is 0 Å². The zero-order valence-corrected chi connectivity index (χ0v) is 7.98. The van der Waals surface area contributed by atoms with Gasteiger partial charge in [0.15, 0.2) is 0 Å². The summed E-state index contributed by atoms with van der Waals surface area (Å²) in [6.07, 6.45) is 5.33. The summed E-state index contributed by atoms with van der Waals surface area (Å²) < 4.78 is 0. The molecule has 1 N–H and O–H groups in total. The molecule has 1 aliphatic rings. The van der Waals surface area contributed by atoms with Gasteiger partial charge in [-0.25, -0.2) is 0 Å². The highest BCUT2D eigenvalue weighted by Crippen LogP contribution is 2.23. The number of hydrogen-bond acceptors (Lipinski definition) is 3. The van der Waals surface area contributed by atoms with Crippen molar-refractivity contribution in [1.29, 1.82) is 0 Å². The number of hydrogen-bond donors (Lipinski definition) is 1. The number of rotatable bonds is 4. The zero-order chi connectivity index (χ0) is 11.1. The number of azide groups is 2. The Morgan fingerprint density at radius 1 is 1.40 bits per heavy atom. The predicted molar refractivity (Wildman–Crippen MR) is 54.8 cm³/mol. The van der Waals surface area contributed by atoms with Crippen molar-refractivity contribution in [3.05, 3.63) is 44.7 Å². The molecule has 15 heavy (non-hydrogen) atoms.